The second kappa shape index (κ2) is 3.43. The smallest absolute Gasteiger partial charge is 0.321 e. The maximum Gasteiger partial charge on any atom is 0.321 e. The van der Waals surface area contributed by atoms with Crippen molar-refractivity contribution in [2.24, 2.45) is 11.3 Å². The summed E-state index contributed by atoms with van der Waals surface area (Å²) >= 11 is 0. The predicted molar refractivity (Wildman–Crippen MR) is 51.3 cm³/mol. The van der Waals surface area contributed by atoms with Crippen molar-refractivity contribution in [1.82, 2.24) is 0 Å². The largest absolute Gasteiger partial charge is 0.480 e. The molecule has 0 aromatic heterocycles. The number of aliphatic carboxylic acids is 1. The summed E-state index contributed by atoms with van der Waals surface area (Å²) < 4.78 is 0. The van der Waals surface area contributed by atoms with Gasteiger partial charge in [-0.3, -0.25) is 14.4 Å². The van der Waals surface area contributed by atoms with Gasteiger partial charge in [-0.15, -0.1) is 0 Å². The van der Waals surface area contributed by atoms with Gasteiger partial charge in [0.1, 0.15) is 0 Å². The summed E-state index contributed by atoms with van der Waals surface area (Å²) in [7, 11) is 0. The molecule has 0 bridgehead atoms. The Morgan fingerprint density at radius 3 is 2.00 bits per heavy atom. The van der Waals surface area contributed by atoms with E-state index in [9.17, 15) is 14.4 Å². The molecule has 0 aromatic carbocycles. The van der Waals surface area contributed by atoms with E-state index in [1.807, 2.05) is 0 Å². The molecule has 4 heteroatoms. The molecule has 1 N–H and O–H groups in total. The van der Waals surface area contributed by atoms with Crippen molar-refractivity contribution in [3.63, 3.8) is 0 Å². The molecule has 2 fully saturated rings. The number of carbonyl (C=O) groups is 3. The molecule has 0 aromatic rings. The van der Waals surface area contributed by atoms with E-state index in [0.29, 0.717) is 0 Å². The summed E-state index contributed by atoms with van der Waals surface area (Å²) in [6.45, 7) is 0. The van der Waals surface area contributed by atoms with Crippen LogP contribution in [0, 0.1) is 11.3 Å². The highest BCUT2D eigenvalue weighted by atomic mass is 16.4. The normalized spacial score (nSPS) is 26.1. The van der Waals surface area contributed by atoms with Crippen molar-refractivity contribution >= 4 is 17.5 Å². The van der Waals surface area contributed by atoms with Crippen molar-refractivity contribution in [1.29, 1.82) is 0 Å². The molecule has 2 aliphatic rings. The Balaban J connectivity index is 2.19. The average molecular weight is 210 g/mol. The summed E-state index contributed by atoms with van der Waals surface area (Å²) in [6.07, 6.45) is 4.48. The van der Waals surface area contributed by atoms with Gasteiger partial charge in [0.05, 0.1) is 0 Å². The first kappa shape index (κ1) is 10.3. The number of hydrogen-bond donors (Lipinski definition) is 1. The quantitative estimate of drug-likeness (QED) is 0.659. The maximum absolute atomic E-state index is 11.6. The number of ketones is 2. The first-order valence-corrected chi connectivity index (χ1v) is 5.32. The van der Waals surface area contributed by atoms with Crippen LogP contribution in [-0.2, 0) is 14.4 Å². The van der Waals surface area contributed by atoms with Crippen molar-refractivity contribution in [2.45, 2.75) is 38.5 Å². The van der Waals surface area contributed by atoms with Gasteiger partial charge in [0, 0.05) is 12.8 Å². The third-order valence-electron chi connectivity index (χ3n) is 3.65. The number of carboxylic acids is 1. The zero-order chi connectivity index (χ0) is 11.1. The molecular formula is C11H14O4. The summed E-state index contributed by atoms with van der Waals surface area (Å²) in [4.78, 5) is 33.9. The van der Waals surface area contributed by atoms with Crippen molar-refractivity contribution in [3.05, 3.63) is 0 Å². The molecule has 2 aliphatic carbocycles. The molecular weight excluding hydrogens is 196 g/mol. The van der Waals surface area contributed by atoms with E-state index in [1.54, 1.807) is 0 Å². The van der Waals surface area contributed by atoms with Gasteiger partial charge >= 0.3 is 5.97 Å². The average Bonchev–Trinajstić information content (AvgIpc) is 2.50. The SMILES string of the molecule is O=C(O)C1C(=O)CC2(CCCC2)CC1=O. The van der Waals surface area contributed by atoms with Crippen LogP contribution in [0.4, 0.5) is 0 Å². The van der Waals surface area contributed by atoms with Gasteiger partial charge < -0.3 is 5.11 Å². The van der Waals surface area contributed by atoms with Crippen LogP contribution in [-0.4, -0.2) is 22.6 Å². The monoisotopic (exact) mass is 210 g/mol. The Hall–Kier alpha value is -1.19. The Morgan fingerprint density at radius 1 is 1.13 bits per heavy atom. The van der Waals surface area contributed by atoms with Gasteiger partial charge in [-0.2, -0.15) is 0 Å². The third-order valence-corrected chi connectivity index (χ3v) is 3.65. The molecule has 15 heavy (non-hydrogen) atoms. The van der Waals surface area contributed by atoms with Crippen molar-refractivity contribution in [2.75, 3.05) is 0 Å². The molecule has 0 amide bonds. The summed E-state index contributed by atoms with van der Waals surface area (Å²) in [5.74, 6) is -3.43. The molecule has 0 aliphatic heterocycles. The molecule has 2 rings (SSSR count). The lowest BCUT2D eigenvalue weighted by molar-refractivity contribution is -0.154. The zero-order valence-electron chi connectivity index (χ0n) is 8.49. The Labute approximate surface area is 87.7 Å². The van der Waals surface area contributed by atoms with Crippen LogP contribution in [0.15, 0.2) is 0 Å². The summed E-state index contributed by atoms with van der Waals surface area (Å²) in [5, 5.41) is 8.77. The molecule has 0 saturated heterocycles. The molecule has 1 spiro atoms. The van der Waals surface area contributed by atoms with Gasteiger partial charge in [-0.1, -0.05) is 12.8 Å². The molecule has 4 nitrogen and oxygen atoms in total. The number of carbonyl (C=O) groups excluding carboxylic acids is 2. The number of rotatable bonds is 1. The Morgan fingerprint density at radius 2 is 1.60 bits per heavy atom. The number of hydrogen-bond acceptors (Lipinski definition) is 3. The second-order valence-electron chi connectivity index (χ2n) is 4.76. The minimum absolute atomic E-state index is 0.180. The van der Waals surface area contributed by atoms with Gasteiger partial charge in [-0.05, 0) is 18.3 Å². The lowest BCUT2D eigenvalue weighted by Gasteiger charge is -2.33. The molecule has 2 saturated carbocycles. The highest BCUT2D eigenvalue weighted by Gasteiger charge is 2.48. The third kappa shape index (κ3) is 1.68. The van der Waals surface area contributed by atoms with Gasteiger partial charge in [0.25, 0.3) is 0 Å². The van der Waals surface area contributed by atoms with Crippen LogP contribution >= 0.6 is 0 Å². The fraction of sp³-hybridized carbons (Fsp3) is 0.727. The van der Waals surface area contributed by atoms with Crippen LogP contribution in [0.1, 0.15) is 38.5 Å². The lowest BCUT2D eigenvalue weighted by Crippen LogP contribution is -2.42. The van der Waals surface area contributed by atoms with E-state index in [-0.39, 0.29) is 29.8 Å². The van der Waals surface area contributed by atoms with Crippen LogP contribution in [0.2, 0.25) is 0 Å². The standard InChI is InChI=1S/C11H14O4/c12-7-5-11(3-1-2-4-11)6-8(13)9(7)10(14)15/h9H,1-6H2,(H,14,15). The lowest BCUT2D eigenvalue weighted by atomic mass is 9.68. The minimum Gasteiger partial charge on any atom is -0.480 e. The topological polar surface area (TPSA) is 71.4 Å². The maximum atomic E-state index is 11.6. The van der Waals surface area contributed by atoms with Crippen LogP contribution in [0.3, 0.4) is 0 Å². The molecule has 0 heterocycles. The molecule has 0 unspecified atom stereocenters. The van der Waals surface area contributed by atoms with E-state index in [1.165, 1.54) is 0 Å². The number of carboxylic acid groups (broad SMARTS) is 1. The van der Waals surface area contributed by atoms with Crippen molar-refractivity contribution in [3.8, 4) is 0 Å². The molecule has 0 radical (unpaired) electrons. The highest BCUT2D eigenvalue weighted by Crippen LogP contribution is 2.47. The molecule has 82 valence electrons. The second-order valence-corrected chi connectivity index (χ2v) is 4.76. The summed E-state index contributed by atoms with van der Waals surface area (Å²) in [6, 6.07) is 0. The first-order chi connectivity index (χ1) is 7.04. The minimum atomic E-state index is -1.38. The molecule has 0 atom stereocenters. The van der Waals surface area contributed by atoms with E-state index < -0.39 is 11.9 Å². The Bertz CT molecular complexity index is 305. The number of Topliss-reactive ketones (excluding diaryl/α,β-unsaturated/α-hetero) is 2. The predicted octanol–water partition coefficient (Wildman–Crippen LogP) is 1.18. The van der Waals surface area contributed by atoms with E-state index in [0.717, 1.165) is 25.7 Å². The first-order valence-electron chi connectivity index (χ1n) is 5.32. The van der Waals surface area contributed by atoms with Crippen LogP contribution in [0.5, 0.6) is 0 Å². The van der Waals surface area contributed by atoms with E-state index >= 15 is 0 Å². The van der Waals surface area contributed by atoms with Gasteiger partial charge in [0.2, 0.25) is 0 Å². The summed E-state index contributed by atoms with van der Waals surface area (Å²) in [5.41, 5.74) is -0.180. The Kier molecular flexibility index (Phi) is 2.37. The van der Waals surface area contributed by atoms with Gasteiger partial charge in [0.15, 0.2) is 17.5 Å². The zero-order valence-corrected chi connectivity index (χ0v) is 8.49. The van der Waals surface area contributed by atoms with E-state index in [2.05, 4.69) is 0 Å². The van der Waals surface area contributed by atoms with Crippen LogP contribution in [0.25, 0.3) is 0 Å². The van der Waals surface area contributed by atoms with Crippen molar-refractivity contribution < 1.29 is 19.5 Å². The van der Waals surface area contributed by atoms with Gasteiger partial charge in [-0.25, -0.2) is 0 Å². The van der Waals surface area contributed by atoms with E-state index in [4.69, 9.17) is 5.11 Å². The fourth-order valence-electron chi connectivity index (χ4n) is 2.94. The highest BCUT2D eigenvalue weighted by molar-refractivity contribution is 6.18. The fourth-order valence-corrected chi connectivity index (χ4v) is 2.94. The van der Waals surface area contributed by atoms with Crippen LogP contribution < -0.4 is 0 Å².